The summed E-state index contributed by atoms with van der Waals surface area (Å²) in [6.07, 6.45) is -0.565. The van der Waals surface area contributed by atoms with E-state index >= 15 is 0 Å². The second-order valence-corrected chi connectivity index (χ2v) is 7.21. The predicted octanol–water partition coefficient (Wildman–Crippen LogP) is 3.84. The van der Waals surface area contributed by atoms with E-state index in [1.54, 1.807) is 0 Å². The molecule has 0 fully saturated rings. The van der Waals surface area contributed by atoms with Gasteiger partial charge in [-0.2, -0.15) is 0 Å². The lowest BCUT2D eigenvalue weighted by atomic mass is 10.1. The fraction of sp³-hybridized carbons (Fsp3) is 0.391. The molecule has 0 aliphatic heterocycles. The molecule has 0 bridgehead atoms. The van der Waals surface area contributed by atoms with Gasteiger partial charge in [0.15, 0.2) is 5.96 Å². The number of aliphatic hydroxyl groups is 1. The quantitative estimate of drug-likeness (QED) is 0.220. The van der Waals surface area contributed by atoms with Crippen molar-refractivity contribution < 1.29 is 14.6 Å². The van der Waals surface area contributed by atoms with Crippen molar-refractivity contribution in [2.75, 3.05) is 18.4 Å². The first-order valence-electron chi connectivity index (χ1n) is 10.2. The van der Waals surface area contributed by atoms with Crippen molar-refractivity contribution in [3.05, 3.63) is 59.7 Å². The number of hydrogen-bond acceptors (Lipinski definition) is 4. The van der Waals surface area contributed by atoms with Gasteiger partial charge in [0, 0.05) is 25.7 Å². The van der Waals surface area contributed by atoms with E-state index in [0.717, 1.165) is 22.6 Å². The highest BCUT2D eigenvalue weighted by Gasteiger charge is 2.09. The first-order valence-corrected chi connectivity index (χ1v) is 10.2. The summed E-state index contributed by atoms with van der Waals surface area (Å²) in [5.41, 5.74) is 2.52. The summed E-state index contributed by atoms with van der Waals surface area (Å²) < 4.78 is 5.63. The van der Waals surface area contributed by atoms with E-state index in [1.165, 1.54) is 6.92 Å². The summed E-state index contributed by atoms with van der Waals surface area (Å²) >= 11 is 0. The van der Waals surface area contributed by atoms with Gasteiger partial charge in [0.25, 0.3) is 0 Å². The van der Waals surface area contributed by atoms with E-state index in [4.69, 9.17) is 4.74 Å². The number of nitrogens with one attached hydrogen (secondary N) is 3. The van der Waals surface area contributed by atoms with Crippen molar-refractivity contribution in [1.82, 2.24) is 10.6 Å². The first kappa shape index (κ1) is 26.7. The summed E-state index contributed by atoms with van der Waals surface area (Å²) in [6.45, 7) is 8.89. The number of carbonyl (C=O) groups excluding carboxylic acids is 1. The molecular weight excluding hydrogens is 507 g/mol. The van der Waals surface area contributed by atoms with Gasteiger partial charge < -0.3 is 25.8 Å². The van der Waals surface area contributed by atoms with E-state index < -0.39 is 6.10 Å². The van der Waals surface area contributed by atoms with Crippen molar-refractivity contribution in [2.45, 2.75) is 46.4 Å². The molecule has 0 aliphatic rings. The van der Waals surface area contributed by atoms with Gasteiger partial charge in [0.05, 0.1) is 18.8 Å². The topological polar surface area (TPSA) is 95.0 Å². The van der Waals surface area contributed by atoms with Gasteiger partial charge in [-0.15, -0.1) is 24.0 Å². The van der Waals surface area contributed by atoms with Gasteiger partial charge in [0.2, 0.25) is 5.91 Å². The Morgan fingerprint density at radius 2 is 1.84 bits per heavy atom. The standard InChI is InChI=1S/C23H32N4O3.HI/c1-5-24-23(25-14-18-7-6-8-20(13-18)27-17(4)28)26-15-22(29)19-9-11-21(12-10-19)30-16(2)3;/h6-13,16,22,29H,5,14-15H2,1-4H3,(H,27,28)(H2,24,25,26);1H. The minimum atomic E-state index is -0.676. The highest BCUT2D eigenvalue weighted by atomic mass is 127. The maximum Gasteiger partial charge on any atom is 0.221 e. The first-order chi connectivity index (χ1) is 14.4. The van der Waals surface area contributed by atoms with Gasteiger partial charge in [-0.05, 0) is 56.2 Å². The molecule has 0 saturated heterocycles. The molecule has 2 aromatic rings. The molecule has 2 aromatic carbocycles. The Bertz CT molecular complexity index is 841. The summed E-state index contributed by atoms with van der Waals surface area (Å²) in [4.78, 5) is 15.8. The van der Waals surface area contributed by atoms with E-state index in [-0.39, 0.29) is 36.0 Å². The van der Waals surface area contributed by atoms with Crippen molar-refractivity contribution in [2.24, 2.45) is 4.99 Å². The highest BCUT2D eigenvalue weighted by Crippen LogP contribution is 2.18. The molecule has 31 heavy (non-hydrogen) atoms. The van der Waals surface area contributed by atoms with Crippen LogP contribution in [0, 0.1) is 0 Å². The van der Waals surface area contributed by atoms with Crippen LogP contribution in [0.15, 0.2) is 53.5 Å². The Morgan fingerprint density at radius 3 is 2.45 bits per heavy atom. The van der Waals surface area contributed by atoms with Crippen molar-refractivity contribution in [3.8, 4) is 5.75 Å². The number of benzene rings is 2. The zero-order chi connectivity index (χ0) is 21.9. The molecule has 0 saturated carbocycles. The molecule has 0 heterocycles. The van der Waals surface area contributed by atoms with Crippen LogP contribution in [0.3, 0.4) is 0 Å². The van der Waals surface area contributed by atoms with Crippen LogP contribution in [0.5, 0.6) is 5.75 Å². The third-order valence-electron chi connectivity index (χ3n) is 4.11. The van der Waals surface area contributed by atoms with Crippen molar-refractivity contribution >= 4 is 41.5 Å². The Labute approximate surface area is 201 Å². The molecule has 1 unspecified atom stereocenters. The fourth-order valence-corrected chi connectivity index (χ4v) is 2.81. The molecule has 1 atom stereocenters. The van der Waals surface area contributed by atoms with Gasteiger partial charge in [-0.1, -0.05) is 24.3 Å². The number of amides is 1. The zero-order valence-electron chi connectivity index (χ0n) is 18.5. The number of carbonyl (C=O) groups is 1. The summed E-state index contributed by atoms with van der Waals surface area (Å²) in [5, 5.41) is 19.6. The average molecular weight is 540 g/mol. The summed E-state index contributed by atoms with van der Waals surface area (Å²) in [6, 6.07) is 15.0. The van der Waals surface area contributed by atoms with Crippen LogP contribution in [0.4, 0.5) is 5.69 Å². The maximum absolute atomic E-state index is 11.2. The Balaban J connectivity index is 0.00000480. The molecule has 0 radical (unpaired) electrons. The molecule has 4 N–H and O–H groups in total. The monoisotopic (exact) mass is 540 g/mol. The van der Waals surface area contributed by atoms with Crippen LogP contribution < -0.4 is 20.7 Å². The Hall–Kier alpha value is -2.33. The molecule has 2 rings (SSSR count). The van der Waals surface area contributed by atoms with Crippen LogP contribution in [-0.4, -0.2) is 36.2 Å². The van der Waals surface area contributed by atoms with Gasteiger partial charge in [0.1, 0.15) is 5.75 Å². The lowest BCUT2D eigenvalue weighted by molar-refractivity contribution is -0.114. The normalized spacial score (nSPS) is 12.0. The highest BCUT2D eigenvalue weighted by molar-refractivity contribution is 14.0. The second kappa shape index (κ2) is 13.9. The summed E-state index contributed by atoms with van der Waals surface area (Å²) in [7, 11) is 0. The number of hydrogen-bond donors (Lipinski definition) is 4. The molecule has 0 spiro atoms. The molecule has 1 amide bonds. The zero-order valence-corrected chi connectivity index (χ0v) is 20.8. The lowest BCUT2D eigenvalue weighted by Crippen LogP contribution is -2.39. The number of aliphatic hydroxyl groups excluding tert-OH is 1. The summed E-state index contributed by atoms with van der Waals surface area (Å²) in [5.74, 6) is 1.29. The average Bonchev–Trinajstić information content (AvgIpc) is 2.70. The number of rotatable bonds is 9. The SMILES string of the molecule is CCNC(=NCc1cccc(NC(C)=O)c1)NCC(O)c1ccc(OC(C)C)cc1.I. The van der Waals surface area contributed by atoms with Crippen molar-refractivity contribution in [3.63, 3.8) is 0 Å². The molecular formula is C23H33IN4O3. The van der Waals surface area contributed by atoms with Gasteiger partial charge in [-0.3, -0.25) is 4.79 Å². The number of anilines is 1. The van der Waals surface area contributed by atoms with E-state index in [2.05, 4.69) is 20.9 Å². The van der Waals surface area contributed by atoms with Crippen LogP contribution >= 0.6 is 24.0 Å². The molecule has 0 aromatic heterocycles. The van der Waals surface area contributed by atoms with Crippen LogP contribution in [-0.2, 0) is 11.3 Å². The molecule has 170 valence electrons. The van der Waals surface area contributed by atoms with Crippen LogP contribution in [0.2, 0.25) is 0 Å². The Kier molecular flexibility index (Phi) is 11.9. The minimum absolute atomic E-state index is 0. The largest absolute Gasteiger partial charge is 0.491 e. The minimum Gasteiger partial charge on any atom is -0.491 e. The number of halogens is 1. The predicted molar refractivity (Wildman–Crippen MR) is 136 cm³/mol. The molecule has 8 heteroatoms. The Morgan fingerprint density at radius 1 is 1.13 bits per heavy atom. The second-order valence-electron chi connectivity index (χ2n) is 7.21. The van der Waals surface area contributed by atoms with E-state index in [1.807, 2.05) is 69.3 Å². The number of aliphatic imine (C=N–C) groups is 1. The maximum atomic E-state index is 11.2. The number of ether oxygens (including phenoxy) is 1. The van der Waals surface area contributed by atoms with Crippen LogP contribution in [0.1, 0.15) is 44.9 Å². The lowest BCUT2D eigenvalue weighted by Gasteiger charge is -2.16. The number of nitrogens with zero attached hydrogens (tertiary/aromatic N) is 1. The smallest absolute Gasteiger partial charge is 0.221 e. The van der Waals surface area contributed by atoms with Gasteiger partial charge in [-0.25, -0.2) is 4.99 Å². The fourth-order valence-electron chi connectivity index (χ4n) is 2.81. The van der Waals surface area contributed by atoms with Crippen LogP contribution in [0.25, 0.3) is 0 Å². The third-order valence-corrected chi connectivity index (χ3v) is 4.11. The molecule has 0 aliphatic carbocycles. The van der Waals surface area contributed by atoms with E-state index in [0.29, 0.717) is 25.6 Å². The van der Waals surface area contributed by atoms with Crippen molar-refractivity contribution in [1.29, 1.82) is 0 Å². The molecule has 7 nitrogen and oxygen atoms in total. The number of guanidine groups is 1. The van der Waals surface area contributed by atoms with Gasteiger partial charge >= 0.3 is 0 Å². The van der Waals surface area contributed by atoms with E-state index in [9.17, 15) is 9.90 Å². The third kappa shape index (κ3) is 10.0.